The van der Waals surface area contributed by atoms with Crippen molar-refractivity contribution in [2.75, 3.05) is 19.0 Å². The van der Waals surface area contributed by atoms with Crippen LogP contribution in [0.15, 0.2) is 12.1 Å². The van der Waals surface area contributed by atoms with Gasteiger partial charge in [0.05, 0.1) is 18.0 Å². The largest absolute Gasteiger partial charge is 0.478 e. The van der Waals surface area contributed by atoms with Crippen LogP contribution in [0.1, 0.15) is 58.6 Å². The van der Waals surface area contributed by atoms with E-state index >= 15 is 0 Å². The van der Waals surface area contributed by atoms with Crippen LogP contribution in [0.25, 0.3) is 0 Å². The van der Waals surface area contributed by atoms with E-state index in [1.54, 1.807) is 13.2 Å². The molecule has 5 nitrogen and oxygen atoms in total. The molecule has 1 aromatic rings. The highest BCUT2D eigenvalue weighted by Gasteiger charge is 2.32. The number of hydrogen-bond acceptors (Lipinski definition) is 4. The normalized spacial score (nSPS) is 13.4. The van der Waals surface area contributed by atoms with Crippen molar-refractivity contribution >= 4 is 11.6 Å². The molecule has 1 aromatic heterocycles. The molecule has 5 heteroatoms. The Hall–Kier alpha value is -1.62. The smallest absolute Gasteiger partial charge is 0.256 e. The molecule has 1 heterocycles. The second kappa shape index (κ2) is 9.50. The summed E-state index contributed by atoms with van der Waals surface area (Å²) >= 11 is 0. The van der Waals surface area contributed by atoms with E-state index in [-0.39, 0.29) is 5.91 Å². The standard InChI is InChI=1S/C18H30N2O3/c1-6-8-12-18(4,22-5)17(21)20-15-10-11-16(19-14(15)3)23-13-9-7-2/h10-11H,6-9,12-13H2,1-5H3,(H,20,21)/t18-/m0/s1. The van der Waals surface area contributed by atoms with Gasteiger partial charge in [0, 0.05) is 13.2 Å². The Kier molecular flexibility index (Phi) is 8.03. The van der Waals surface area contributed by atoms with Crippen molar-refractivity contribution in [3.63, 3.8) is 0 Å². The number of nitrogens with one attached hydrogen (secondary N) is 1. The van der Waals surface area contributed by atoms with E-state index < -0.39 is 5.60 Å². The first kappa shape index (κ1) is 19.4. The molecular weight excluding hydrogens is 292 g/mol. The minimum absolute atomic E-state index is 0.141. The molecule has 0 fully saturated rings. The van der Waals surface area contributed by atoms with Crippen molar-refractivity contribution in [1.82, 2.24) is 4.98 Å². The van der Waals surface area contributed by atoms with Gasteiger partial charge in [-0.25, -0.2) is 4.98 Å². The SMILES string of the molecule is CCCCOc1ccc(NC(=O)[C@](C)(CCCC)OC)c(C)n1. The average Bonchev–Trinajstić information content (AvgIpc) is 2.55. The van der Waals surface area contributed by atoms with Crippen molar-refractivity contribution in [3.05, 3.63) is 17.8 Å². The summed E-state index contributed by atoms with van der Waals surface area (Å²) in [6.07, 6.45) is 4.75. The maximum atomic E-state index is 12.5. The van der Waals surface area contributed by atoms with Gasteiger partial charge in [-0.3, -0.25) is 4.79 Å². The van der Waals surface area contributed by atoms with Gasteiger partial charge in [-0.2, -0.15) is 0 Å². The van der Waals surface area contributed by atoms with Crippen molar-refractivity contribution in [3.8, 4) is 5.88 Å². The minimum Gasteiger partial charge on any atom is -0.478 e. The lowest BCUT2D eigenvalue weighted by Crippen LogP contribution is -2.42. The summed E-state index contributed by atoms with van der Waals surface area (Å²) in [6.45, 7) is 8.56. The number of unbranched alkanes of at least 4 members (excludes halogenated alkanes) is 2. The number of ether oxygens (including phenoxy) is 2. The first-order chi connectivity index (χ1) is 11.0. The Bertz CT molecular complexity index is 505. The molecule has 1 atom stereocenters. The van der Waals surface area contributed by atoms with Gasteiger partial charge in [0.1, 0.15) is 5.60 Å². The van der Waals surface area contributed by atoms with Crippen molar-refractivity contribution in [1.29, 1.82) is 0 Å². The molecule has 0 saturated carbocycles. The summed E-state index contributed by atoms with van der Waals surface area (Å²) in [5.74, 6) is 0.451. The summed E-state index contributed by atoms with van der Waals surface area (Å²) in [5.41, 5.74) is 0.609. The van der Waals surface area contributed by atoms with E-state index in [2.05, 4.69) is 24.1 Å². The van der Waals surface area contributed by atoms with Crippen LogP contribution in [0.2, 0.25) is 0 Å². The Morgan fingerprint density at radius 1 is 1.26 bits per heavy atom. The summed E-state index contributed by atoms with van der Waals surface area (Å²) in [7, 11) is 1.57. The molecule has 0 aromatic carbocycles. The lowest BCUT2D eigenvalue weighted by Gasteiger charge is -2.27. The number of aromatic nitrogens is 1. The van der Waals surface area contributed by atoms with E-state index in [0.29, 0.717) is 24.6 Å². The van der Waals surface area contributed by atoms with Gasteiger partial charge in [-0.05, 0) is 32.8 Å². The van der Waals surface area contributed by atoms with Crippen molar-refractivity contribution in [2.45, 2.75) is 65.4 Å². The molecule has 1 rings (SSSR count). The summed E-state index contributed by atoms with van der Waals surface area (Å²) < 4.78 is 11.0. The van der Waals surface area contributed by atoms with Crippen LogP contribution in [-0.2, 0) is 9.53 Å². The molecule has 0 aliphatic carbocycles. The molecule has 0 aliphatic rings. The number of nitrogens with zero attached hydrogens (tertiary/aromatic N) is 1. The number of pyridine rings is 1. The predicted molar refractivity (Wildman–Crippen MR) is 92.9 cm³/mol. The van der Waals surface area contributed by atoms with Gasteiger partial charge >= 0.3 is 0 Å². The first-order valence-corrected chi connectivity index (χ1v) is 8.43. The van der Waals surface area contributed by atoms with Crippen LogP contribution in [-0.4, -0.2) is 30.2 Å². The van der Waals surface area contributed by atoms with Gasteiger partial charge in [-0.1, -0.05) is 33.1 Å². The molecular formula is C18H30N2O3. The Labute approximate surface area is 139 Å². The lowest BCUT2D eigenvalue weighted by molar-refractivity contribution is -0.136. The monoisotopic (exact) mass is 322 g/mol. The van der Waals surface area contributed by atoms with E-state index in [4.69, 9.17) is 9.47 Å². The third-order valence-electron chi connectivity index (χ3n) is 3.99. The summed E-state index contributed by atoms with van der Waals surface area (Å²) in [4.78, 5) is 16.9. The van der Waals surface area contributed by atoms with Gasteiger partial charge < -0.3 is 14.8 Å². The molecule has 130 valence electrons. The molecule has 1 amide bonds. The first-order valence-electron chi connectivity index (χ1n) is 8.43. The van der Waals surface area contributed by atoms with E-state index in [1.807, 2.05) is 19.9 Å². The van der Waals surface area contributed by atoms with Crippen LogP contribution in [0, 0.1) is 6.92 Å². The van der Waals surface area contributed by atoms with E-state index in [0.717, 1.165) is 31.4 Å². The molecule has 0 radical (unpaired) electrons. The molecule has 0 unspecified atom stereocenters. The quantitative estimate of drug-likeness (QED) is 0.659. The highest BCUT2D eigenvalue weighted by atomic mass is 16.5. The maximum Gasteiger partial charge on any atom is 0.256 e. The third-order valence-corrected chi connectivity index (χ3v) is 3.99. The molecule has 0 spiro atoms. The minimum atomic E-state index is -0.821. The van der Waals surface area contributed by atoms with Gasteiger partial charge in [0.25, 0.3) is 5.91 Å². The number of carbonyl (C=O) groups is 1. The van der Waals surface area contributed by atoms with Gasteiger partial charge in [0.2, 0.25) is 5.88 Å². The van der Waals surface area contributed by atoms with Crippen molar-refractivity contribution < 1.29 is 14.3 Å². The Morgan fingerprint density at radius 3 is 2.52 bits per heavy atom. The fourth-order valence-electron chi connectivity index (χ4n) is 2.15. The fraction of sp³-hybridized carbons (Fsp3) is 0.667. The second-order valence-electron chi connectivity index (χ2n) is 5.98. The molecule has 23 heavy (non-hydrogen) atoms. The molecule has 0 bridgehead atoms. The van der Waals surface area contributed by atoms with Crippen molar-refractivity contribution in [2.24, 2.45) is 0 Å². The van der Waals surface area contributed by atoms with Crippen LogP contribution >= 0.6 is 0 Å². The number of aryl methyl sites for hydroxylation is 1. The second-order valence-corrected chi connectivity index (χ2v) is 5.98. The summed E-state index contributed by atoms with van der Waals surface area (Å²) in [6, 6.07) is 3.62. The number of carbonyl (C=O) groups excluding carboxylic acids is 1. The maximum absolute atomic E-state index is 12.5. The summed E-state index contributed by atoms with van der Waals surface area (Å²) in [5, 5.41) is 2.92. The Balaban J connectivity index is 2.74. The number of hydrogen-bond donors (Lipinski definition) is 1. The zero-order chi connectivity index (χ0) is 17.3. The van der Waals surface area contributed by atoms with E-state index in [9.17, 15) is 4.79 Å². The van der Waals surface area contributed by atoms with E-state index in [1.165, 1.54) is 0 Å². The predicted octanol–water partition coefficient (Wildman–Crippen LogP) is 4.10. The average molecular weight is 322 g/mol. The van der Waals surface area contributed by atoms with Crippen LogP contribution in [0.4, 0.5) is 5.69 Å². The number of amides is 1. The number of rotatable bonds is 10. The highest BCUT2D eigenvalue weighted by Crippen LogP contribution is 2.23. The van der Waals surface area contributed by atoms with Crippen LogP contribution in [0.5, 0.6) is 5.88 Å². The van der Waals surface area contributed by atoms with Crippen LogP contribution in [0.3, 0.4) is 0 Å². The topological polar surface area (TPSA) is 60.5 Å². The van der Waals surface area contributed by atoms with Crippen LogP contribution < -0.4 is 10.1 Å². The molecule has 0 aliphatic heterocycles. The number of methoxy groups -OCH3 is 1. The zero-order valence-corrected chi connectivity index (χ0v) is 15.1. The Morgan fingerprint density at radius 2 is 1.96 bits per heavy atom. The fourth-order valence-corrected chi connectivity index (χ4v) is 2.15. The molecule has 1 N–H and O–H groups in total. The lowest BCUT2D eigenvalue weighted by atomic mass is 9.97. The molecule has 0 saturated heterocycles. The number of anilines is 1. The van der Waals surface area contributed by atoms with Gasteiger partial charge in [0.15, 0.2) is 0 Å². The van der Waals surface area contributed by atoms with Gasteiger partial charge in [-0.15, -0.1) is 0 Å². The zero-order valence-electron chi connectivity index (χ0n) is 15.1. The third kappa shape index (κ3) is 5.82. The highest BCUT2D eigenvalue weighted by molar-refractivity contribution is 5.97.